The zero-order valence-electron chi connectivity index (χ0n) is 11.5. The molecule has 4 aliphatic carbocycles. The molecule has 2 unspecified atom stereocenters. The highest BCUT2D eigenvalue weighted by atomic mass is 16.5. The van der Waals surface area contributed by atoms with Gasteiger partial charge in [0.2, 0.25) is 0 Å². The van der Waals surface area contributed by atoms with Gasteiger partial charge in [0.05, 0.1) is 5.41 Å². The number of rotatable bonds is 3. The van der Waals surface area contributed by atoms with Crippen LogP contribution in [0.4, 0.5) is 0 Å². The largest absolute Gasteiger partial charge is 0.490 e. The Morgan fingerprint density at radius 2 is 1.75 bits per heavy atom. The second-order valence-corrected chi connectivity index (χ2v) is 6.95. The molecule has 1 N–H and O–H groups in total. The Bertz CT molecular complexity index is 508. The molecule has 4 bridgehead atoms. The topological polar surface area (TPSA) is 46.5 Å². The van der Waals surface area contributed by atoms with Crippen LogP contribution in [0.1, 0.15) is 32.1 Å². The molecule has 2 atom stereocenters. The molecular weight excluding hydrogens is 252 g/mol. The van der Waals surface area contributed by atoms with E-state index in [9.17, 15) is 9.90 Å². The van der Waals surface area contributed by atoms with Crippen molar-refractivity contribution in [1.82, 2.24) is 0 Å². The summed E-state index contributed by atoms with van der Waals surface area (Å²) in [6, 6.07) is 9.97. The monoisotopic (exact) mass is 272 g/mol. The summed E-state index contributed by atoms with van der Waals surface area (Å²) in [4.78, 5) is 11.7. The summed E-state index contributed by atoms with van der Waals surface area (Å²) in [5, 5.41) is 9.61. The van der Waals surface area contributed by atoms with Crippen molar-refractivity contribution in [3.8, 4) is 5.75 Å². The molecule has 3 heteroatoms. The predicted molar refractivity (Wildman–Crippen MR) is 74.5 cm³/mol. The minimum Gasteiger partial charge on any atom is -0.490 e. The van der Waals surface area contributed by atoms with Crippen molar-refractivity contribution in [3.05, 3.63) is 30.3 Å². The van der Waals surface area contributed by atoms with Crippen LogP contribution in [0.15, 0.2) is 30.3 Å². The van der Waals surface area contributed by atoms with Crippen molar-refractivity contribution in [2.75, 3.05) is 0 Å². The summed E-state index contributed by atoms with van der Waals surface area (Å²) in [7, 11) is 0. The molecule has 20 heavy (non-hydrogen) atoms. The third-order valence-electron chi connectivity index (χ3n) is 5.66. The van der Waals surface area contributed by atoms with E-state index < -0.39 is 11.4 Å². The molecule has 0 saturated heterocycles. The number of carboxylic acids is 1. The molecule has 4 aliphatic rings. The molecule has 0 spiro atoms. The van der Waals surface area contributed by atoms with E-state index in [0.717, 1.165) is 37.9 Å². The average molecular weight is 272 g/mol. The molecule has 0 radical (unpaired) electrons. The minimum absolute atomic E-state index is 0.224. The van der Waals surface area contributed by atoms with Gasteiger partial charge in [-0.2, -0.15) is 0 Å². The number of hydrogen-bond donors (Lipinski definition) is 1. The predicted octanol–water partition coefficient (Wildman–Crippen LogP) is 3.34. The Morgan fingerprint density at radius 1 is 1.10 bits per heavy atom. The third-order valence-corrected chi connectivity index (χ3v) is 5.66. The first-order chi connectivity index (χ1) is 9.66. The van der Waals surface area contributed by atoms with Crippen LogP contribution in [0.2, 0.25) is 0 Å². The van der Waals surface area contributed by atoms with Crippen LogP contribution in [0.3, 0.4) is 0 Å². The molecular formula is C17H20O3. The molecule has 106 valence electrons. The number of carbonyl (C=O) groups is 1. The molecule has 0 aromatic heterocycles. The van der Waals surface area contributed by atoms with E-state index in [-0.39, 0.29) is 6.10 Å². The number of hydrogen-bond acceptors (Lipinski definition) is 2. The lowest BCUT2D eigenvalue weighted by Crippen LogP contribution is -2.57. The molecule has 1 aromatic rings. The van der Waals surface area contributed by atoms with Crippen LogP contribution in [0, 0.1) is 23.2 Å². The summed E-state index contributed by atoms with van der Waals surface area (Å²) in [6.07, 6.45) is 5.06. The van der Waals surface area contributed by atoms with E-state index >= 15 is 0 Å². The van der Waals surface area contributed by atoms with Gasteiger partial charge in [0.1, 0.15) is 11.9 Å². The smallest absolute Gasteiger partial charge is 0.309 e. The molecule has 4 fully saturated rings. The van der Waals surface area contributed by atoms with Crippen LogP contribution >= 0.6 is 0 Å². The van der Waals surface area contributed by atoms with Crippen molar-refractivity contribution < 1.29 is 14.6 Å². The maximum atomic E-state index is 11.7. The van der Waals surface area contributed by atoms with E-state index in [4.69, 9.17) is 4.74 Å². The zero-order chi connectivity index (χ0) is 13.7. The summed E-state index contributed by atoms with van der Waals surface area (Å²) < 4.78 is 6.22. The van der Waals surface area contributed by atoms with Gasteiger partial charge in [0.15, 0.2) is 0 Å². The van der Waals surface area contributed by atoms with Crippen molar-refractivity contribution in [2.24, 2.45) is 23.2 Å². The quantitative estimate of drug-likeness (QED) is 0.918. The van der Waals surface area contributed by atoms with Crippen LogP contribution in [0.25, 0.3) is 0 Å². The Balaban J connectivity index is 1.58. The molecule has 1 aromatic carbocycles. The van der Waals surface area contributed by atoms with Gasteiger partial charge in [0.25, 0.3) is 0 Å². The number of aliphatic carboxylic acids is 1. The van der Waals surface area contributed by atoms with Gasteiger partial charge in [0, 0.05) is 0 Å². The maximum absolute atomic E-state index is 11.7. The van der Waals surface area contributed by atoms with Gasteiger partial charge in [-0.25, -0.2) is 0 Å². The van der Waals surface area contributed by atoms with Crippen LogP contribution < -0.4 is 4.74 Å². The van der Waals surface area contributed by atoms with Crippen LogP contribution in [0.5, 0.6) is 5.75 Å². The number of para-hydroxylation sites is 1. The summed E-state index contributed by atoms with van der Waals surface area (Å²) in [5.41, 5.74) is -0.437. The van der Waals surface area contributed by atoms with Gasteiger partial charge in [-0.15, -0.1) is 0 Å². The standard InChI is InChI=1S/C17H20O3/c18-16(19)17-8-11-6-12(9-17)15(13(7-11)10-17)20-14-4-2-1-3-5-14/h1-5,11-13,15H,6-10H2,(H,18,19). The molecule has 0 amide bonds. The normalized spacial score (nSPS) is 41.6. The van der Waals surface area contributed by atoms with E-state index in [1.807, 2.05) is 30.3 Å². The van der Waals surface area contributed by atoms with Gasteiger partial charge in [-0.05, 0) is 62.0 Å². The fourth-order valence-electron chi connectivity index (χ4n) is 5.09. The molecule has 3 nitrogen and oxygen atoms in total. The zero-order valence-corrected chi connectivity index (χ0v) is 11.5. The van der Waals surface area contributed by atoms with E-state index in [0.29, 0.717) is 17.8 Å². The number of carboxylic acid groups (broad SMARTS) is 1. The van der Waals surface area contributed by atoms with Crippen molar-refractivity contribution in [3.63, 3.8) is 0 Å². The maximum Gasteiger partial charge on any atom is 0.309 e. The highest BCUT2D eigenvalue weighted by molar-refractivity contribution is 5.75. The van der Waals surface area contributed by atoms with E-state index in [2.05, 4.69) is 0 Å². The van der Waals surface area contributed by atoms with E-state index in [1.54, 1.807) is 0 Å². The Kier molecular flexibility index (Phi) is 2.60. The highest BCUT2D eigenvalue weighted by Gasteiger charge is 2.59. The van der Waals surface area contributed by atoms with Crippen LogP contribution in [-0.2, 0) is 4.79 Å². The minimum atomic E-state index is -0.574. The first-order valence-corrected chi connectivity index (χ1v) is 7.61. The fourth-order valence-corrected chi connectivity index (χ4v) is 5.09. The lowest BCUT2D eigenvalue weighted by Gasteiger charge is -2.57. The summed E-state index contributed by atoms with van der Waals surface area (Å²) >= 11 is 0. The Labute approximate surface area is 118 Å². The highest BCUT2D eigenvalue weighted by Crippen LogP contribution is 2.60. The Hall–Kier alpha value is -1.51. The second-order valence-electron chi connectivity index (χ2n) is 6.95. The van der Waals surface area contributed by atoms with Gasteiger partial charge >= 0.3 is 5.97 Å². The summed E-state index contributed by atoms with van der Waals surface area (Å²) in [6.45, 7) is 0. The lowest BCUT2D eigenvalue weighted by atomic mass is 9.48. The molecule has 5 rings (SSSR count). The average Bonchev–Trinajstić information content (AvgIpc) is 2.43. The fraction of sp³-hybridized carbons (Fsp3) is 0.588. The molecule has 0 heterocycles. The molecule has 4 saturated carbocycles. The molecule has 0 aliphatic heterocycles. The van der Waals surface area contributed by atoms with Crippen molar-refractivity contribution >= 4 is 5.97 Å². The van der Waals surface area contributed by atoms with Gasteiger partial charge < -0.3 is 9.84 Å². The first-order valence-electron chi connectivity index (χ1n) is 7.61. The summed E-state index contributed by atoms with van der Waals surface area (Å²) in [5.74, 6) is 1.82. The van der Waals surface area contributed by atoms with E-state index in [1.165, 1.54) is 0 Å². The third kappa shape index (κ3) is 1.75. The van der Waals surface area contributed by atoms with Crippen LogP contribution in [-0.4, -0.2) is 17.2 Å². The number of ether oxygens (including phenoxy) is 1. The Morgan fingerprint density at radius 3 is 2.35 bits per heavy atom. The first kappa shape index (κ1) is 12.2. The van der Waals surface area contributed by atoms with Gasteiger partial charge in [-0.1, -0.05) is 18.2 Å². The second kappa shape index (κ2) is 4.24. The van der Waals surface area contributed by atoms with Crippen molar-refractivity contribution in [2.45, 2.75) is 38.2 Å². The lowest BCUT2D eigenvalue weighted by molar-refractivity contribution is -0.175. The van der Waals surface area contributed by atoms with Gasteiger partial charge in [-0.3, -0.25) is 4.79 Å². The van der Waals surface area contributed by atoms with Crippen molar-refractivity contribution in [1.29, 1.82) is 0 Å². The SMILES string of the molecule is O=C(O)C12CC3CC(C1)C(Oc1ccccc1)C(C3)C2. The number of benzene rings is 1.